The molecule has 0 spiro atoms. The van der Waals surface area contributed by atoms with E-state index in [4.69, 9.17) is 4.74 Å². The van der Waals surface area contributed by atoms with E-state index in [9.17, 15) is 29.1 Å². The average molecular weight is 676 g/mol. The number of aliphatic carboxylic acids is 1. The van der Waals surface area contributed by atoms with Gasteiger partial charge in [0.1, 0.15) is 0 Å². The number of fused-ring (bicyclic) bond motifs is 1. The second kappa shape index (κ2) is 18.9. The molecule has 0 aromatic carbocycles. The molecule has 12 heteroatoms. The molecule has 4 fully saturated rings. The zero-order valence-corrected chi connectivity index (χ0v) is 29.6. The van der Waals surface area contributed by atoms with E-state index in [1.165, 1.54) is 35.5 Å². The number of carboxylic acids is 1. The van der Waals surface area contributed by atoms with Gasteiger partial charge in [-0.3, -0.25) is 24.0 Å². The summed E-state index contributed by atoms with van der Waals surface area (Å²) in [5.74, 6) is -0.403. The first-order valence-electron chi connectivity index (χ1n) is 18.7. The van der Waals surface area contributed by atoms with Crippen LogP contribution in [-0.4, -0.2) is 109 Å². The van der Waals surface area contributed by atoms with Crippen LogP contribution >= 0.6 is 0 Å². The fourth-order valence-corrected chi connectivity index (χ4v) is 8.18. The summed E-state index contributed by atoms with van der Waals surface area (Å²) in [7, 11) is 1.63. The number of rotatable bonds is 15. The number of amides is 4. The average Bonchev–Trinajstić information content (AvgIpc) is 3.08. The Morgan fingerprint density at radius 1 is 0.812 bits per heavy atom. The van der Waals surface area contributed by atoms with Crippen molar-refractivity contribution in [2.24, 2.45) is 23.7 Å². The number of ether oxygens (including phenoxy) is 1. The summed E-state index contributed by atoms with van der Waals surface area (Å²) in [6, 6.07) is -0.0492. The highest BCUT2D eigenvalue weighted by Gasteiger charge is 2.36. The van der Waals surface area contributed by atoms with Gasteiger partial charge in [0.25, 0.3) is 0 Å². The van der Waals surface area contributed by atoms with Crippen molar-refractivity contribution in [1.82, 2.24) is 25.8 Å². The smallest absolute Gasteiger partial charge is 0.305 e. The van der Waals surface area contributed by atoms with Crippen molar-refractivity contribution in [2.75, 3.05) is 39.8 Å². The quantitative estimate of drug-likeness (QED) is 0.206. The van der Waals surface area contributed by atoms with Gasteiger partial charge in [-0.2, -0.15) is 0 Å². The van der Waals surface area contributed by atoms with Crippen LogP contribution in [0, 0.1) is 23.7 Å². The topological polar surface area (TPSA) is 157 Å². The minimum atomic E-state index is -1.03. The summed E-state index contributed by atoms with van der Waals surface area (Å²) in [5.41, 5.74) is 0. The molecular weight excluding hydrogens is 614 g/mol. The molecule has 12 nitrogen and oxygen atoms in total. The molecule has 0 bridgehead atoms. The molecule has 4 amide bonds. The summed E-state index contributed by atoms with van der Waals surface area (Å²) < 4.78 is 5.49. The summed E-state index contributed by atoms with van der Waals surface area (Å²) in [6.45, 7) is 4.97. The van der Waals surface area contributed by atoms with Gasteiger partial charge >= 0.3 is 5.97 Å². The number of hydrogen-bond donors (Lipinski definition) is 4. The molecule has 3 aliphatic carbocycles. The van der Waals surface area contributed by atoms with Crippen LogP contribution in [0.5, 0.6) is 0 Å². The lowest BCUT2D eigenvalue weighted by Crippen LogP contribution is -2.55. The second-order valence-corrected chi connectivity index (χ2v) is 15.2. The lowest BCUT2D eigenvalue weighted by molar-refractivity contribution is -0.147. The first-order valence-corrected chi connectivity index (χ1v) is 18.7. The van der Waals surface area contributed by atoms with E-state index in [1.807, 2.05) is 0 Å². The molecule has 1 heterocycles. The van der Waals surface area contributed by atoms with Crippen LogP contribution in [-0.2, 0) is 28.7 Å². The van der Waals surface area contributed by atoms with E-state index in [0.717, 1.165) is 51.5 Å². The Morgan fingerprint density at radius 3 is 2.17 bits per heavy atom. The highest BCUT2D eigenvalue weighted by molar-refractivity contribution is 5.89. The normalized spacial score (nSPS) is 29.0. The van der Waals surface area contributed by atoms with E-state index < -0.39 is 5.97 Å². The van der Waals surface area contributed by atoms with Gasteiger partial charge in [0.15, 0.2) is 0 Å². The molecule has 0 aromatic rings. The third-order valence-corrected chi connectivity index (χ3v) is 11.2. The van der Waals surface area contributed by atoms with E-state index in [2.05, 4.69) is 29.8 Å². The number of carbonyl (C=O) groups is 5. The number of hydrogen-bond acceptors (Lipinski definition) is 7. The molecule has 4 N–H and O–H groups in total. The molecule has 4 rings (SSSR count). The summed E-state index contributed by atoms with van der Waals surface area (Å²) >= 11 is 0. The Balaban J connectivity index is 1.26. The molecule has 4 aliphatic rings. The Bertz CT molecular complexity index is 1090. The number of methoxy groups -OCH3 is 1. The van der Waals surface area contributed by atoms with E-state index in [-0.39, 0.29) is 79.8 Å². The monoisotopic (exact) mass is 675 g/mol. The largest absolute Gasteiger partial charge is 0.481 e. The standard InChI is InChI=1S/C36H61N5O7/c1-24(2)15-17-40(33(43)23-41(18-16-34(44)45)36(47)26-9-6-10-30(19-26)48-3)22-32(42)38-28-11-13-29(14-12-28)39-35(46)31-20-25-7-4-5-8-27(25)21-37-31/h24-31,37H,4-23H2,1-3H3,(H,38,42)(H,39,46)(H,44,45). The number of piperidine rings is 1. The van der Waals surface area contributed by atoms with E-state index >= 15 is 0 Å². The van der Waals surface area contributed by atoms with Crippen molar-refractivity contribution in [3.63, 3.8) is 0 Å². The first-order chi connectivity index (χ1) is 23.0. The molecule has 1 aliphatic heterocycles. The Hall–Kier alpha value is -2.73. The number of nitrogens with one attached hydrogen (secondary N) is 3. The van der Waals surface area contributed by atoms with Gasteiger partial charge in [-0.1, -0.05) is 39.5 Å². The molecule has 272 valence electrons. The van der Waals surface area contributed by atoms with Crippen LogP contribution in [0.1, 0.15) is 110 Å². The van der Waals surface area contributed by atoms with Crippen LogP contribution in [0.25, 0.3) is 0 Å². The van der Waals surface area contributed by atoms with Crippen LogP contribution in [0.3, 0.4) is 0 Å². The molecule has 0 radical (unpaired) electrons. The van der Waals surface area contributed by atoms with Crippen LogP contribution in [0.15, 0.2) is 0 Å². The van der Waals surface area contributed by atoms with Gasteiger partial charge < -0.3 is 35.6 Å². The zero-order chi connectivity index (χ0) is 34.6. The lowest BCUT2D eigenvalue weighted by Gasteiger charge is -2.40. The zero-order valence-electron chi connectivity index (χ0n) is 29.6. The summed E-state index contributed by atoms with van der Waals surface area (Å²) in [6.07, 6.45) is 12.4. The van der Waals surface area contributed by atoms with Crippen molar-refractivity contribution in [1.29, 1.82) is 0 Å². The first kappa shape index (κ1) is 38.1. The summed E-state index contributed by atoms with van der Waals surface area (Å²) in [5, 5.41) is 19.2. The van der Waals surface area contributed by atoms with Gasteiger partial charge in [0.2, 0.25) is 23.6 Å². The minimum Gasteiger partial charge on any atom is -0.481 e. The predicted molar refractivity (Wildman–Crippen MR) is 182 cm³/mol. The second-order valence-electron chi connectivity index (χ2n) is 15.2. The third-order valence-electron chi connectivity index (χ3n) is 11.2. The van der Waals surface area contributed by atoms with Gasteiger partial charge in [-0.25, -0.2) is 0 Å². The van der Waals surface area contributed by atoms with Crippen LogP contribution < -0.4 is 16.0 Å². The van der Waals surface area contributed by atoms with Crippen LogP contribution in [0.4, 0.5) is 0 Å². The minimum absolute atomic E-state index is 0.0273. The maximum absolute atomic E-state index is 13.6. The molecule has 0 aromatic heterocycles. The van der Waals surface area contributed by atoms with Crippen molar-refractivity contribution >= 4 is 29.6 Å². The maximum atomic E-state index is 13.6. The van der Waals surface area contributed by atoms with Crippen molar-refractivity contribution in [2.45, 2.75) is 134 Å². The van der Waals surface area contributed by atoms with Gasteiger partial charge in [-0.05, 0) is 88.5 Å². The van der Waals surface area contributed by atoms with Gasteiger partial charge in [0.05, 0.1) is 31.7 Å². The fourth-order valence-electron chi connectivity index (χ4n) is 8.18. The highest BCUT2D eigenvalue weighted by Crippen LogP contribution is 2.35. The Morgan fingerprint density at radius 2 is 1.50 bits per heavy atom. The lowest BCUT2D eigenvalue weighted by atomic mass is 9.73. The molecule has 48 heavy (non-hydrogen) atoms. The Kier molecular flexibility index (Phi) is 15.0. The highest BCUT2D eigenvalue weighted by atomic mass is 16.5. The van der Waals surface area contributed by atoms with Gasteiger partial charge in [0, 0.05) is 38.2 Å². The van der Waals surface area contributed by atoms with Crippen molar-refractivity contribution in [3.05, 3.63) is 0 Å². The number of carbonyl (C=O) groups excluding carboxylic acids is 4. The summed E-state index contributed by atoms with van der Waals surface area (Å²) in [4.78, 5) is 67.7. The SMILES string of the molecule is COC1CCCC(C(=O)N(CCC(=O)O)CC(=O)N(CCC(C)C)CC(=O)NC2CCC(NC(=O)C3CC4CCCCC4CN3)CC2)C1. The number of nitrogens with zero attached hydrogens (tertiary/aromatic N) is 2. The predicted octanol–water partition coefficient (Wildman–Crippen LogP) is 3.08. The third kappa shape index (κ3) is 11.7. The Labute approximate surface area is 286 Å². The molecule has 1 saturated heterocycles. The van der Waals surface area contributed by atoms with Gasteiger partial charge in [-0.15, -0.1) is 0 Å². The van der Waals surface area contributed by atoms with E-state index in [1.54, 1.807) is 7.11 Å². The maximum Gasteiger partial charge on any atom is 0.305 e. The number of carboxylic acid groups (broad SMARTS) is 1. The molecule has 3 saturated carbocycles. The molecule has 5 unspecified atom stereocenters. The van der Waals surface area contributed by atoms with E-state index in [0.29, 0.717) is 43.6 Å². The van der Waals surface area contributed by atoms with Crippen LogP contribution in [0.2, 0.25) is 0 Å². The molecular formula is C36H61N5O7. The molecule has 5 atom stereocenters. The fraction of sp³-hybridized carbons (Fsp3) is 0.861. The van der Waals surface area contributed by atoms with Crippen molar-refractivity contribution < 1.29 is 33.8 Å². The van der Waals surface area contributed by atoms with Crippen molar-refractivity contribution in [3.8, 4) is 0 Å².